The van der Waals surface area contributed by atoms with Gasteiger partial charge in [-0.1, -0.05) is 12.1 Å². The van der Waals surface area contributed by atoms with E-state index in [0.29, 0.717) is 6.04 Å². The Labute approximate surface area is 136 Å². The van der Waals surface area contributed by atoms with Crippen LogP contribution in [-0.2, 0) is 0 Å². The Balaban J connectivity index is 1.97. The van der Waals surface area contributed by atoms with Gasteiger partial charge in [-0.05, 0) is 54.6 Å². The van der Waals surface area contributed by atoms with Crippen LogP contribution in [0.5, 0.6) is 5.75 Å². The molecular weight excluding hydrogens is 292 g/mol. The van der Waals surface area contributed by atoms with Gasteiger partial charge in [0.15, 0.2) is 0 Å². The van der Waals surface area contributed by atoms with Gasteiger partial charge in [0, 0.05) is 24.5 Å². The Hall–Kier alpha value is -1.36. The van der Waals surface area contributed by atoms with Crippen LogP contribution in [0.4, 0.5) is 0 Å². The van der Waals surface area contributed by atoms with E-state index >= 15 is 0 Å². The second kappa shape index (κ2) is 7.27. The molecule has 1 N–H and O–H groups in total. The van der Waals surface area contributed by atoms with Crippen LogP contribution >= 0.6 is 11.3 Å². The van der Waals surface area contributed by atoms with Crippen molar-refractivity contribution in [2.45, 2.75) is 19.4 Å². The first kappa shape index (κ1) is 15.5. The summed E-state index contributed by atoms with van der Waals surface area (Å²) in [5.41, 5.74) is 2.67. The lowest BCUT2D eigenvalue weighted by atomic mass is 10.0. The minimum atomic E-state index is 0.327. The molecule has 1 aromatic heterocycles. The van der Waals surface area contributed by atoms with Crippen molar-refractivity contribution in [2.75, 3.05) is 33.3 Å². The molecule has 2 aromatic rings. The normalized spacial score (nSPS) is 17.9. The molecule has 1 fully saturated rings. The van der Waals surface area contributed by atoms with Crippen LogP contribution in [-0.4, -0.2) is 38.2 Å². The van der Waals surface area contributed by atoms with E-state index in [1.807, 2.05) is 17.4 Å². The van der Waals surface area contributed by atoms with Gasteiger partial charge in [-0.3, -0.25) is 4.90 Å². The molecule has 1 atom stereocenters. The highest BCUT2D eigenvalue weighted by atomic mass is 32.1. The average Bonchev–Trinajstić information content (AvgIpc) is 2.80. The number of rotatable bonds is 4. The number of benzene rings is 1. The Bertz CT molecular complexity index is 603. The van der Waals surface area contributed by atoms with Crippen LogP contribution in [0.25, 0.3) is 0 Å². The van der Waals surface area contributed by atoms with E-state index in [2.05, 4.69) is 46.8 Å². The van der Waals surface area contributed by atoms with Gasteiger partial charge in [0.05, 0.1) is 13.2 Å². The highest BCUT2D eigenvalue weighted by Crippen LogP contribution is 2.34. The maximum atomic E-state index is 5.43. The Morgan fingerprint density at radius 2 is 2.14 bits per heavy atom. The molecule has 0 aliphatic carbocycles. The second-order valence-corrected chi connectivity index (χ2v) is 6.79. The number of hydrogen-bond acceptors (Lipinski definition) is 4. The first-order valence-corrected chi connectivity index (χ1v) is 8.79. The molecule has 1 saturated heterocycles. The number of hydrogen-bond donors (Lipinski definition) is 1. The Kier molecular flexibility index (Phi) is 5.13. The number of thiophene rings is 1. The minimum absolute atomic E-state index is 0.327. The topological polar surface area (TPSA) is 24.5 Å². The summed E-state index contributed by atoms with van der Waals surface area (Å²) in [6, 6.07) is 11.2. The maximum Gasteiger partial charge on any atom is 0.119 e. The number of nitrogens with one attached hydrogen (secondary N) is 1. The summed E-state index contributed by atoms with van der Waals surface area (Å²) < 4.78 is 5.43. The third kappa shape index (κ3) is 3.51. The zero-order valence-corrected chi connectivity index (χ0v) is 14.2. The largest absolute Gasteiger partial charge is 0.497 e. The summed E-state index contributed by atoms with van der Waals surface area (Å²) in [7, 11) is 1.74. The Morgan fingerprint density at radius 3 is 2.91 bits per heavy atom. The van der Waals surface area contributed by atoms with Gasteiger partial charge in [-0.25, -0.2) is 0 Å². The lowest BCUT2D eigenvalue weighted by Gasteiger charge is -2.30. The smallest absolute Gasteiger partial charge is 0.119 e. The van der Waals surface area contributed by atoms with Crippen molar-refractivity contribution in [2.24, 2.45) is 0 Å². The monoisotopic (exact) mass is 316 g/mol. The van der Waals surface area contributed by atoms with Crippen molar-refractivity contribution in [1.82, 2.24) is 10.2 Å². The molecule has 0 radical (unpaired) electrons. The molecule has 118 valence electrons. The molecule has 1 aliphatic rings. The van der Waals surface area contributed by atoms with Gasteiger partial charge < -0.3 is 10.1 Å². The lowest BCUT2D eigenvalue weighted by molar-refractivity contribution is 0.243. The van der Waals surface area contributed by atoms with Crippen LogP contribution in [0.1, 0.15) is 28.5 Å². The van der Waals surface area contributed by atoms with Crippen molar-refractivity contribution in [1.29, 1.82) is 0 Å². The number of ether oxygens (including phenoxy) is 1. The third-order valence-electron chi connectivity index (χ3n) is 4.17. The summed E-state index contributed by atoms with van der Waals surface area (Å²) in [5, 5.41) is 5.75. The summed E-state index contributed by atoms with van der Waals surface area (Å²) in [6.07, 6.45) is 1.20. The average molecular weight is 316 g/mol. The summed E-state index contributed by atoms with van der Waals surface area (Å²) >= 11 is 1.86. The maximum absolute atomic E-state index is 5.43. The highest BCUT2D eigenvalue weighted by Gasteiger charge is 2.24. The van der Waals surface area contributed by atoms with Crippen molar-refractivity contribution in [3.8, 4) is 5.75 Å². The van der Waals surface area contributed by atoms with Crippen LogP contribution in [0.2, 0.25) is 0 Å². The summed E-state index contributed by atoms with van der Waals surface area (Å²) in [6.45, 7) is 6.56. The fourth-order valence-electron chi connectivity index (χ4n) is 3.09. The van der Waals surface area contributed by atoms with Crippen molar-refractivity contribution < 1.29 is 4.74 Å². The van der Waals surface area contributed by atoms with Gasteiger partial charge in [0.25, 0.3) is 0 Å². The summed E-state index contributed by atoms with van der Waals surface area (Å²) in [5.74, 6) is 0.934. The van der Waals surface area contributed by atoms with Crippen LogP contribution in [0, 0.1) is 6.92 Å². The van der Waals surface area contributed by atoms with Gasteiger partial charge in [0.1, 0.15) is 5.75 Å². The van der Waals surface area contributed by atoms with Crippen LogP contribution < -0.4 is 10.1 Å². The molecule has 2 heterocycles. The van der Waals surface area contributed by atoms with Crippen LogP contribution in [0.3, 0.4) is 0 Å². The predicted molar refractivity (Wildman–Crippen MR) is 93.0 cm³/mol. The highest BCUT2D eigenvalue weighted by molar-refractivity contribution is 7.10. The summed E-state index contributed by atoms with van der Waals surface area (Å²) in [4.78, 5) is 4.02. The first-order valence-electron chi connectivity index (χ1n) is 7.91. The molecule has 3 nitrogen and oxygen atoms in total. The quantitative estimate of drug-likeness (QED) is 0.935. The zero-order chi connectivity index (χ0) is 15.4. The van der Waals surface area contributed by atoms with Crippen molar-refractivity contribution >= 4 is 11.3 Å². The van der Waals surface area contributed by atoms with Gasteiger partial charge in [-0.2, -0.15) is 0 Å². The lowest BCUT2D eigenvalue weighted by Crippen LogP contribution is -2.32. The number of nitrogens with zero attached hydrogens (tertiary/aromatic N) is 1. The van der Waals surface area contributed by atoms with E-state index in [4.69, 9.17) is 4.74 Å². The van der Waals surface area contributed by atoms with E-state index in [-0.39, 0.29) is 0 Å². The van der Waals surface area contributed by atoms with E-state index in [1.165, 1.54) is 22.4 Å². The molecule has 0 saturated carbocycles. The van der Waals surface area contributed by atoms with Gasteiger partial charge in [-0.15, -0.1) is 11.3 Å². The molecule has 3 rings (SSSR count). The zero-order valence-electron chi connectivity index (χ0n) is 13.3. The minimum Gasteiger partial charge on any atom is -0.497 e. The molecule has 0 spiro atoms. The molecule has 22 heavy (non-hydrogen) atoms. The predicted octanol–water partition coefficient (Wildman–Crippen LogP) is 3.45. The second-order valence-electron chi connectivity index (χ2n) is 5.85. The van der Waals surface area contributed by atoms with Gasteiger partial charge in [0.2, 0.25) is 0 Å². The van der Waals surface area contributed by atoms with E-state index in [0.717, 1.165) is 31.9 Å². The van der Waals surface area contributed by atoms with E-state index in [9.17, 15) is 0 Å². The van der Waals surface area contributed by atoms with E-state index < -0.39 is 0 Å². The molecular formula is C18H24N2OS. The fourth-order valence-corrected chi connectivity index (χ4v) is 4.15. The number of aryl methyl sites for hydroxylation is 1. The fraction of sp³-hybridized carbons (Fsp3) is 0.444. The third-order valence-corrected chi connectivity index (χ3v) is 5.27. The van der Waals surface area contributed by atoms with Gasteiger partial charge >= 0.3 is 0 Å². The molecule has 1 aliphatic heterocycles. The van der Waals surface area contributed by atoms with Crippen molar-refractivity contribution in [3.05, 3.63) is 51.7 Å². The standard InChI is InChI=1S/C18H24N2OS/c1-14-11-17(22-13-14)18(20-9-4-7-19-8-10-20)15-5-3-6-16(12-15)21-2/h3,5-6,11-13,18-19H,4,7-10H2,1-2H3. The molecule has 1 unspecified atom stereocenters. The molecule has 4 heteroatoms. The molecule has 0 amide bonds. The molecule has 1 aromatic carbocycles. The van der Waals surface area contributed by atoms with Crippen molar-refractivity contribution in [3.63, 3.8) is 0 Å². The number of methoxy groups -OCH3 is 1. The first-order chi connectivity index (χ1) is 10.8. The SMILES string of the molecule is COc1cccc(C(c2cc(C)cs2)N2CCCNCC2)c1. The molecule has 0 bridgehead atoms. The van der Waals surface area contributed by atoms with E-state index in [1.54, 1.807) is 7.11 Å². The Morgan fingerprint density at radius 1 is 1.23 bits per heavy atom. The van der Waals surface area contributed by atoms with Crippen LogP contribution in [0.15, 0.2) is 35.7 Å².